The molecule has 2 aromatic carbocycles. The van der Waals surface area contributed by atoms with Gasteiger partial charge in [-0.1, -0.05) is 49.7 Å². The minimum Gasteiger partial charge on any atom is -0.350 e. The van der Waals surface area contributed by atoms with Gasteiger partial charge < -0.3 is 10.2 Å². The van der Waals surface area contributed by atoms with Crippen LogP contribution in [0.2, 0.25) is 0 Å². The Morgan fingerprint density at radius 2 is 1.89 bits per heavy atom. The van der Waals surface area contributed by atoms with Crippen molar-refractivity contribution < 1.29 is 18.0 Å². The summed E-state index contributed by atoms with van der Waals surface area (Å²) in [6.07, 6.45) is -2.28. The summed E-state index contributed by atoms with van der Waals surface area (Å²) < 4.78 is 42.0. The van der Waals surface area contributed by atoms with Crippen molar-refractivity contribution >= 4 is 5.91 Å². The van der Waals surface area contributed by atoms with E-state index in [1.807, 2.05) is 48.0 Å². The molecule has 1 aromatic heterocycles. The Balaban J connectivity index is 1.32. The molecule has 1 fully saturated rings. The molecule has 0 unspecified atom stereocenters. The third-order valence-corrected chi connectivity index (χ3v) is 6.82. The van der Waals surface area contributed by atoms with E-state index in [4.69, 9.17) is 0 Å². The van der Waals surface area contributed by atoms with Crippen molar-refractivity contribution in [2.75, 3.05) is 26.2 Å². The molecule has 2 heterocycles. The highest BCUT2D eigenvalue weighted by atomic mass is 19.4. The Labute approximate surface area is 216 Å². The molecule has 1 aliphatic heterocycles. The van der Waals surface area contributed by atoms with Gasteiger partial charge in [0.1, 0.15) is 0 Å². The van der Waals surface area contributed by atoms with E-state index < -0.39 is 11.7 Å². The number of rotatable bonds is 9. The van der Waals surface area contributed by atoms with Crippen molar-refractivity contribution in [2.24, 2.45) is 11.8 Å². The minimum absolute atomic E-state index is 0.201. The number of halogens is 3. The normalized spacial score (nSPS) is 16.5. The number of aryl methyl sites for hydroxylation is 1. The summed E-state index contributed by atoms with van der Waals surface area (Å²) in [5.41, 5.74) is 2.94. The summed E-state index contributed by atoms with van der Waals surface area (Å²) >= 11 is 0. The zero-order chi connectivity index (χ0) is 26.6. The lowest BCUT2D eigenvalue weighted by Gasteiger charge is -2.19. The monoisotopic (exact) mass is 512 g/mol. The summed E-state index contributed by atoms with van der Waals surface area (Å²) in [6, 6.07) is 16.0. The Morgan fingerprint density at radius 1 is 1.14 bits per heavy atom. The molecule has 1 atom stereocenters. The van der Waals surface area contributed by atoms with E-state index in [0.717, 1.165) is 42.9 Å². The second-order valence-corrected chi connectivity index (χ2v) is 10.4. The van der Waals surface area contributed by atoms with Gasteiger partial charge in [-0.25, -0.2) is 4.68 Å². The van der Waals surface area contributed by atoms with Crippen molar-refractivity contribution in [1.29, 1.82) is 0 Å². The number of nitrogens with one attached hydrogen (secondary N) is 1. The Hall–Kier alpha value is -3.13. The van der Waals surface area contributed by atoms with Crippen LogP contribution in [-0.4, -0.2) is 46.8 Å². The van der Waals surface area contributed by atoms with Crippen LogP contribution in [0.1, 0.15) is 53.1 Å². The fraction of sp³-hybridized carbons (Fsp3) is 0.448. The first-order valence-electron chi connectivity index (χ1n) is 12.9. The predicted molar refractivity (Wildman–Crippen MR) is 139 cm³/mol. The zero-order valence-electron chi connectivity index (χ0n) is 21.7. The van der Waals surface area contributed by atoms with Crippen molar-refractivity contribution in [3.8, 4) is 5.69 Å². The van der Waals surface area contributed by atoms with Crippen molar-refractivity contribution in [3.63, 3.8) is 0 Å². The highest BCUT2D eigenvalue weighted by molar-refractivity contribution is 5.92. The van der Waals surface area contributed by atoms with Gasteiger partial charge in [-0.3, -0.25) is 4.79 Å². The van der Waals surface area contributed by atoms with Gasteiger partial charge in [-0.2, -0.15) is 18.3 Å². The van der Waals surface area contributed by atoms with Crippen LogP contribution in [-0.2, 0) is 19.0 Å². The number of hydrogen-bond acceptors (Lipinski definition) is 3. The molecule has 0 bridgehead atoms. The van der Waals surface area contributed by atoms with E-state index in [-0.39, 0.29) is 11.8 Å². The summed E-state index contributed by atoms with van der Waals surface area (Å²) in [5, 5.41) is 7.62. The SMILES string of the molecule is Cc1ccc(C(F)(F)F)c(CCN2CC[C@H](CNC(=O)c3cc(CC(C)C)n(-c4ccccc4)n3)C2)c1. The smallest absolute Gasteiger partial charge is 0.350 e. The molecule has 0 saturated carbocycles. The average Bonchev–Trinajstić information content (AvgIpc) is 3.48. The maximum atomic E-state index is 13.4. The van der Waals surface area contributed by atoms with Gasteiger partial charge in [0.2, 0.25) is 0 Å². The lowest BCUT2D eigenvalue weighted by Crippen LogP contribution is -2.31. The molecular formula is C29H35F3N4O. The Kier molecular flexibility index (Phi) is 8.37. The molecule has 37 heavy (non-hydrogen) atoms. The highest BCUT2D eigenvalue weighted by Gasteiger charge is 2.33. The molecule has 1 amide bonds. The van der Waals surface area contributed by atoms with Crippen molar-refractivity contribution in [2.45, 2.75) is 46.2 Å². The molecule has 8 heteroatoms. The maximum Gasteiger partial charge on any atom is 0.416 e. The molecule has 0 aliphatic carbocycles. The third-order valence-electron chi connectivity index (χ3n) is 6.82. The number of nitrogens with zero attached hydrogens (tertiary/aromatic N) is 3. The molecule has 0 radical (unpaired) electrons. The molecule has 5 nitrogen and oxygen atoms in total. The third kappa shape index (κ3) is 7.01. The molecule has 3 aromatic rings. The van der Waals surface area contributed by atoms with Crippen LogP contribution < -0.4 is 5.32 Å². The summed E-state index contributed by atoms with van der Waals surface area (Å²) in [7, 11) is 0. The second kappa shape index (κ2) is 11.5. The number of amides is 1. The number of alkyl halides is 3. The van der Waals surface area contributed by atoms with Gasteiger partial charge in [0.15, 0.2) is 5.69 Å². The lowest BCUT2D eigenvalue weighted by molar-refractivity contribution is -0.138. The van der Waals surface area contributed by atoms with Crippen LogP contribution in [0.25, 0.3) is 5.69 Å². The number of hydrogen-bond donors (Lipinski definition) is 1. The largest absolute Gasteiger partial charge is 0.416 e. The predicted octanol–water partition coefficient (Wildman–Crippen LogP) is 5.69. The molecule has 0 spiro atoms. The fourth-order valence-corrected chi connectivity index (χ4v) is 4.98. The van der Waals surface area contributed by atoms with E-state index >= 15 is 0 Å². The van der Waals surface area contributed by atoms with E-state index in [1.54, 1.807) is 6.07 Å². The number of likely N-dealkylation sites (tertiary alicyclic amines) is 1. The topological polar surface area (TPSA) is 50.2 Å². The number of carbonyl (C=O) groups excluding carboxylic acids is 1. The second-order valence-electron chi connectivity index (χ2n) is 10.4. The number of aromatic nitrogens is 2. The van der Waals surface area contributed by atoms with Crippen molar-refractivity contribution in [3.05, 3.63) is 82.7 Å². The number of para-hydroxylation sites is 1. The summed E-state index contributed by atoms with van der Waals surface area (Å²) in [5.74, 6) is 0.481. The fourth-order valence-electron chi connectivity index (χ4n) is 4.98. The van der Waals surface area contributed by atoms with Gasteiger partial charge in [0.05, 0.1) is 11.3 Å². The molecule has 4 rings (SSSR count). The standard InChI is InChI=1S/C29H35F3N4O/c1-20(2)15-25-17-27(34-36(25)24-7-5-4-6-8-24)28(37)33-18-22-11-13-35(19-22)14-12-23-16-21(3)9-10-26(23)29(30,31)32/h4-10,16-17,20,22H,11-15,18-19H2,1-3H3,(H,33,37)/t22-/m1/s1. The van der Waals surface area contributed by atoms with Gasteiger partial charge in [0, 0.05) is 25.3 Å². The van der Waals surface area contributed by atoms with Crippen molar-refractivity contribution in [1.82, 2.24) is 20.0 Å². The number of carbonyl (C=O) groups is 1. The minimum atomic E-state index is -4.34. The zero-order valence-corrected chi connectivity index (χ0v) is 21.7. The molecule has 1 N–H and O–H groups in total. The van der Waals surface area contributed by atoms with E-state index in [0.29, 0.717) is 36.7 Å². The summed E-state index contributed by atoms with van der Waals surface area (Å²) in [6.45, 7) is 8.74. The van der Waals surface area contributed by atoms with Gasteiger partial charge in [0.25, 0.3) is 5.91 Å². The van der Waals surface area contributed by atoms with Crippen LogP contribution in [0.4, 0.5) is 13.2 Å². The molecular weight excluding hydrogens is 477 g/mol. The lowest BCUT2D eigenvalue weighted by atomic mass is 10.0. The van der Waals surface area contributed by atoms with Crippen LogP contribution in [0.5, 0.6) is 0 Å². The Bertz CT molecular complexity index is 1200. The maximum absolute atomic E-state index is 13.4. The first kappa shape index (κ1) is 26.9. The van der Waals surface area contributed by atoms with E-state index in [9.17, 15) is 18.0 Å². The summed E-state index contributed by atoms with van der Waals surface area (Å²) in [4.78, 5) is 15.1. The molecule has 1 aliphatic rings. The van der Waals surface area contributed by atoms with Gasteiger partial charge in [-0.15, -0.1) is 0 Å². The van der Waals surface area contributed by atoms with Crippen LogP contribution in [0, 0.1) is 18.8 Å². The van der Waals surface area contributed by atoms with E-state index in [1.165, 1.54) is 12.1 Å². The van der Waals surface area contributed by atoms with Crippen LogP contribution in [0.15, 0.2) is 54.6 Å². The quantitative estimate of drug-likeness (QED) is 0.401. The molecule has 1 saturated heterocycles. The number of benzene rings is 2. The van der Waals surface area contributed by atoms with Crippen LogP contribution in [0.3, 0.4) is 0 Å². The average molecular weight is 513 g/mol. The highest BCUT2D eigenvalue weighted by Crippen LogP contribution is 2.33. The molecule has 198 valence electrons. The van der Waals surface area contributed by atoms with E-state index in [2.05, 4.69) is 29.2 Å². The van der Waals surface area contributed by atoms with Crippen LogP contribution >= 0.6 is 0 Å². The first-order chi connectivity index (χ1) is 17.6. The van der Waals surface area contributed by atoms with Gasteiger partial charge >= 0.3 is 6.18 Å². The van der Waals surface area contributed by atoms with Gasteiger partial charge in [-0.05, 0) is 74.4 Å². The Morgan fingerprint density at radius 3 is 2.59 bits per heavy atom. The first-order valence-corrected chi connectivity index (χ1v) is 12.9.